The number of nitrogens with one attached hydrogen (secondary N) is 1. The largest absolute Gasteiger partial charge is 0.419 e. The molecule has 0 radical (unpaired) electrons. The second kappa shape index (κ2) is 6.42. The highest BCUT2D eigenvalue weighted by Gasteiger charge is 2.07. The zero-order valence-corrected chi connectivity index (χ0v) is 10.9. The second-order valence-electron chi connectivity index (χ2n) is 3.82. The molecule has 1 heterocycles. The third kappa shape index (κ3) is 3.75. The van der Waals surface area contributed by atoms with Crippen LogP contribution in [0.15, 0.2) is 34.7 Å². The van der Waals surface area contributed by atoms with Gasteiger partial charge < -0.3 is 9.73 Å². The minimum absolute atomic E-state index is 0.497. The molecule has 0 fully saturated rings. The van der Waals surface area contributed by atoms with Crippen molar-refractivity contribution in [1.82, 2.24) is 15.5 Å². The van der Waals surface area contributed by atoms with Crippen molar-refractivity contribution in [3.8, 4) is 11.5 Å². The van der Waals surface area contributed by atoms with Gasteiger partial charge in [-0.1, -0.05) is 18.2 Å². The van der Waals surface area contributed by atoms with Gasteiger partial charge in [0.05, 0.1) is 6.54 Å². The van der Waals surface area contributed by atoms with Crippen molar-refractivity contribution in [2.24, 2.45) is 0 Å². The zero-order valence-electron chi connectivity index (χ0n) is 10.1. The summed E-state index contributed by atoms with van der Waals surface area (Å²) >= 11 is 0. The van der Waals surface area contributed by atoms with Gasteiger partial charge in [-0.3, -0.25) is 4.21 Å². The van der Waals surface area contributed by atoms with E-state index in [1.807, 2.05) is 30.3 Å². The van der Waals surface area contributed by atoms with E-state index in [1.54, 1.807) is 6.26 Å². The normalized spacial score (nSPS) is 12.5. The summed E-state index contributed by atoms with van der Waals surface area (Å²) in [5, 5.41) is 11.0. The summed E-state index contributed by atoms with van der Waals surface area (Å²) in [6.45, 7) is 1.17. The molecule has 0 bridgehead atoms. The van der Waals surface area contributed by atoms with Gasteiger partial charge in [-0.15, -0.1) is 10.2 Å². The molecule has 2 aromatic rings. The fourth-order valence-electron chi connectivity index (χ4n) is 1.43. The first-order valence-electron chi connectivity index (χ1n) is 5.64. The SMILES string of the molecule is CS(=O)CCNCc1nnc(-c2ccccc2)o1. The summed E-state index contributed by atoms with van der Waals surface area (Å²) in [6.07, 6.45) is 1.68. The maximum absolute atomic E-state index is 10.9. The van der Waals surface area contributed by atoms with E-state index in [0.29, 0.717) is 30.6 Å². The van der Waals surface area contributed by atoms with Gasteiger partial charge >= 0.3 is 0 Å². The van der Waals surface area contributed by atoms with Crippen LogP contribution in [-0.2, 0) is 17.3 Å². The Morgan fingerprint density at radius 3 is 2.78 bits per heavy atom. The van der Waals surface area contributed by atoms with E-state index < -0.39 is 10.8 Å². The minimum atomic E-state index is -0.777. The van der Waals surface area contributed by atoms with Gasteiger partial charge in [0.25, 0.3) is 0 Å². The van der Waals surface area contributed by atoms with Crippen molar-refractivity contribution >= 4 is 10.8 Å². The predicted molar refractivity (Wildman–Crippen MR) is 70.4 cm³/mol. The van der Waals surface area contributed by atoms with Crippen molar-refractivity contribution < 1.29 is 8.63 Å². The van der Waals surface area contributed by atoms with Crippen LogP contribution in [0.4, 0.5) is 0 Å². The van der Waals surface area contributed by atoms with Crippen LogP contribution in [0, 0.1) is 0 Å². The van der Waals surface area contributed by atoms with Crippen molar-refractivity contribution in [1.29, 1.82) is 0 Å². The molecule has 0 aliphatic heterocycles. The highest BCUT2D eigenvalue weighted by molar-refractivity contribution is 7.84. The van der Waals surface area contributed by atoms with E-state index in [0.717, 1.165) is 5.56 Å². The molecule has 5 nitrogen and oxygen atoms in total. The number of hydrogen-bond donors (Lipinski definition) is 1. The summed E-state index contributed by atoms with van der Waals surface area (Å²) in [5.74, 6) is 1.68. The van der Waals surface area contributed by atoms with E-state index in [-0.39, 0.29) is 0 Å². The molecule has 2 rings (SSSR count). The first kappa shape index (κ1) is 12.9. The molecule has 0 saturated carbocycles. The van der Waals surface area contributed by atoms with Crippen LogP contribution in [0.5, 0.6) is 0 Å². The first-order chi connectivity index (χ1) is 8.75. The quantitative estimate of drug-likeness (QED) is 0.795. The Bertz CT molecular complexity index is 513. The fourth-order valence-corrected chi connectivity index (χ4v) is 1.87. The Morgan fingerprint density at radius 2 is 2.06 bits per heavy atom. The molecule has 1 atom stereocenters. The van der Waals surface area contributed by atoms with Crippen molar-refractivity contribution in [2.45, 2.75) is 6.54 Å². The van der Waals surface area contributed by atoms with Crippen LogP contribution >= 0.6 is 0 Å². The monoisotopic (exact) mass is 265 g/mol. The topological polar surface area (TPSA) is 68.0 Å². The molecule has 96 valence electrons. The molecule has 1 unspecified atom stereocenters. The molecule has 0 aliphatic carbocycles. The van der Waals surface area contributed by atoms with Crippen LogP contribution in [-0.4, -0.2) is 33.0 Å². The number of rotatable bonds is 6. The average Bonchev–Trinajstić information content (AvgIpc) is 2.84. The first-order valence-corrected chi connectivity index (χ1v) is 7.37. The summed E-state index contributed by atoms with van der Waals surface area (Å²) in [6, 6.07) is 9.63. The van der Waals surface area contributed by atoms with Gasteiger partial charge in [0, 0.05) is 34.9 Å². The lowest BCUT2D eigenvalue weighted by atomic mass is 10.2. The van der Waals surface area contributed by atoms with Gasteiger partial charge in [0.15, 0.2) is 0 Å². The maximum Gasteiger partial charge on any atom is 0.247 e. The Balaban J connectivity index is 1.89. The summed E-state index contributed by atoms with van der Waals surface area (Å²) in [7, 11) is -0.777. The van der Waals surface area contributed by atoms with Crippen LogP contribution in [0.3, 0.4) is 0 Å². The van der Waals surface area contributed by atoms with Gasteiger partial charge in [-0.2, -0.15) is 0 Å². The molecule has 1 aromatic heterocycles. The molecule has 0 amide bonds. The molecular weight excluding hydrogens is 250 g/mol. The van der Waals surface area contributed by atoms with E-state index in [9.17, 15) is 4.21 Å². The minimum Gasteiger partial charge on any atom is -0.419 e. The average molecular weight is 265 g/mol. The van der Waals surface area contributed by atoms with Gasteiger partial charge in [-0.05, 0) is 12.1 Å². The molecule has 18 heavy (non-hydrogen) atoms. The molecule has 0 spiro atoms. The lowest BCUT2D eigenvalue weighted by Crippen LogP contribution is -2.19. The number of hydrogen-bond acceptors (Lipinski definition) is 5. The van der Waals surface area contributed by atoms with E-state index in [4.69, 9.17) is 4.42 Å². The maximum atomic E-state index is 10.9. The molecule has 1 N–H and O–H groups in total. The van der Waals surface area contributed by atoms with E-state index in [2.05, 4.69) is 15.5 Å². The Kier molecular flexibility index (Phi) is 4.60. The van der Waals surface area contributed by atoms with E-state index >= 15 is 0 Å². The third-order valence-electron chi connectivity index (χ3n) is 2.33. The lowest BCUT2D eigenvalue weighted by molar-refractivity contribution is 0.482. The third-order valence-corrected chi connectivity index (χ3v) is 3.11. The molecule has 6 heteroatoms. The smallest absolute Gasteiger partial charge is 0.247 e. The number of benzene rings is 1. The molecule has 0 saturated heterocycles. The lowest BCUT2D eigenvalue weighted by Gasteiger charge is -1.98. The highest BCUT2D eigenvalue weighted by atomic mass is 32.2. The van der Waals surface area contributed by atoms with Crippen molar-refractivity contribution in [2.75, 3.05) is 18.6 Å². The van der Waals surface area contributed by atoms with Crippen LogP contribution in [0.2, 0.25) is 0 Å². The number of aromatic nitrogens is 2. The summed E-state index contributed by atoms with van der Waals surface area (Å²) in [4.78, 5) is 0. The second-order valence-corrected chi connectivity index (χ2v) is 5.38. The predicted octanol–water partition coefficient (Wildman–Crippen LogP) is 1.20. The van der Waals surface area contributed by atoms with Gasteiger partial charge in [0.2, 0.25) is 11.8 Å². The highest BCUT2D eigenvalue weighted by Crippen LogP contribution is 2.16. The zero-order chi connectivity index (χ0) is 12.8. The van der Waals surface area contributed by atoms with Crippen LogP contribution in [0.1, 0.15) is 5.89 Å². The summed E-state index contributed by atoms with van der Waals surface area (Å²) < 4.78 is 16.4. The molecule has 0 aliphatic rings. The van der Waals surface area contributed by atoms with Crippen LogP contribution < -0.4 is 5.32 Å². The standard InChI is InChI=1S/C12H15N3O2S/c1-18(16)8-7-13-9-11-14-15-12(17-11)10-5-3-2-4-6-10/h2-6,13H,7-9H2,1H3. The van der Waals surface area contributed by atoms with Crippen molar-refractivity contribution in [3.63, 3.8) is 0 Å². The fraction of sp³-hybridized carbons (Fsp3) is 0.333. The van der Waals surface area contributed by atoms with Gasteiger partial charge in [-0.25, -0.2) is 0 Å². The number of nitrogens with zero attached hydrogens (tertiary/aromatic N) is 2. The Morgan fingerprint density at radius 1 is 1.28 bits per heavy atom. The Labute approximate surface area is 108 Å². The molecule has 1 aromatic carbocycles. The Hall–Kier alpha value is -1.53. The molecular formula is C12H15N3O2S. The van der Waals surface area contributed by atoms with Crippen LogP contribution in [0.25, 0.3) is 11.5 Å². The van der Waals surface area contributed by atoms with E-state index in [1.165, 1.54) is 0 Å². The van der Waals surface area contributed by atoms with Crippen molar-refractivity contribution in [3.05, 3.63) is 36.2 Å². The summed E-state index contributed by atoms with van der Waals surface area (Å²) in [5.41, 5.74) is 0.908. The van der Waals surface area contributed by atoms with Gasteiger partial charge in [0.1, 0.15) is 0 Å².